The lowest BCUT2D eigenvalue weighted by Crippen LogP contribution is -2.34. The van der Waals surface area contributed by atoms with Crippen LogP contribution in [0.25, 0.3) is 0 Å². The highest BCUT2D eigenvalue weighted by atomic mass is 32.1. The largest absolute Gasteiger partial charge is 0.355 e. The van der Waals surface area contributed by atoms with Gasteiger partial charge in [-0.15, -0.1) is 0 Å². The van der Waals surface area contributed by atoms with Gasteiger partial charge >= 0.3 is 0 Å². The first-order chi connectivity index (χ1) is 6.68. The molecule has 1 fully saturated rings. The second-order valence-electron chi connectivity index (χ2n) is 3.49. The van der Waals surface area contributed by atoms with Gasteiger partial charge in [0, 0.05) is 25.9 Å². The highest BCUT2D eigenvalue weighted by Gasteiger charge is 2.23. The van der Waals surface area contributed by atoms with Gasteiger partial charge in [0.25, 0.3) is 0 Å². The first-order valence-corrected chi connectivity index (χ1v) is 4.97. The summed E-state index contributed by atoms with van der Waals surface area (Å²) in [6.45, 7) is 0.659. The van der Waals surface area contributed by atoms with Gasteiger partial charge in [-0.05, 0) is 18.6 Å². The van der Waals surface area contributed by atoms with E-state index in [0.717, 1.165) is 12.2 Å². The molecule has 14 heavy (non-hydrogen) atoms. The second kappa shape index (κ2) is 3.53. The smallest absolute Gasteiger partial charge is 0.220 e. The van der Waals surface area contributed by atoms with E-state index in [-0.39, 0.29) is 11.8 Å². The van der Waals surface area contributed by atoms with Crippen molar-refractivity contribution in [1.29, 1.82) is 0 Å². The SMILES string of the molecule is Cn1c(C2CCC(=O)NC2)n[nH]c1=S. The van der Waals surface area contributed by atoms with Crippen molar-refractivity contribution in [2.75, 3.05) is 6.54 Å². The number of nitrogens with zero attached hydrogens (tertiary/aromatic N) is 2. The van der Waals surface area contributed by atoms with Crippen LogP contribution < -0.4 is 5.32 Å². The molecule has 0 aromatic carbocycles. The Morgan fingerprint density at radius 3 is 2.93 bits per heavy atom. The third-order valence-electron chi connectivity index (χ3n) is 2.55. The first kappa shape index (κ1) is 9.39. The van der Waals surface area contributed by atoms with Crippen LogP contribution in [0.1, 0.15) is 24.6 Å². The van der Waals surface area contributed by atoms with Crippen LogP contribution in [0.2, 0.25) is 0 Å². The van der Waals surface area contributed by atoms with Gasteiger partial charge in [-0.25, -0.2) is 0 Å². The van der Waals surface area contributed by atoms with Crippen LogP contribution in [0.15, 0.2) is 0 Å². The van der Waals surface area contributed by atoms with E-state index in [0.29, 0.717) is 17.7 Å². The van der Waals surface area contributed by atoms with Crippen molar-refractivity contribution in [2.45, 2.75) is 18.8 Å². The fourth-order valence-corrected chi connectivity index (χ4v) is 1.82. The molecule has 1 aliphatic rings. The number of H-pyrrole nitrogens is 1. The molecule has 1 atom stereocenters. The summed E-state index contributed by atoms with van der Waals surface area (Å²) in [6, 6.07) is 0. The van der Waals surface area contributed by atoms with Gasteiger partial charge < -0.3 is 9.88 Å². The summed E-state index contributed by atoms with van der Waals surface area (Å²) in [5, 5.41) is 9.73. The molecule has 1 aromatic heterocycles. The van der Waals surface area contributed by atoms with Crippen LogP contribution in [-0.4, -0.2) is 27.2 Å². The molecule has 0 bridgehead atoms. The van der Waals surface area contributed by atoms with Crippen molar-refractivity contribution in [3.8, 4) is 0 Å². The van der Waals surface area contributed by atoms with E-state index >= 15 is 0 Å². The molecule has 1 amide bonds. The summed E-state index contributed by atoms with van der Waals surface area (Å²) >= 11 is 5.02. The van der Waals surface area contributed by atoms with Gasteiger partial charge in [0.1, 0.15) is 5.82 Å². The number of rotatable bonds is 1. The molecule has 0 radical (unpaired) electrons. The molecule has 5 nitrogen and oxygen atoms in total. The molecule has 1 aliphatic heterocycles. The summed E-state index contributed by atoms with van der Waals surface area (Å²) in [4.78, 5) is 11.0. The molecular formula is C8H12N4OS. The number of hydrogen-bond donors (Lipinski definition) is 2. The Labute approximate surface area is 86.5 Å². The third-order valence-corrected chi connectivity index (χ3v) is 2.91. The van der Waals surface area contributed by atoms with E-state index in [1.165, 1.54) is 0 Å². The molecule has 2 heterocycles. The van der Waals surface area contributed by atoms with Crippen LogP contribution in [0, 0.1) is 4.77 Å². The number of carbonyl (C=O) groups is 1. The predicted octanol–water partition coefficient (Wildman–Crippen LogP) is 0.471. The zero-order valence-electron chi connectivity index (χ0n) is 7.91. The number of carbonyl (C=O) groups excluding carboxylic acids is 1. The Hall–Kier alpha value is -1.17. The molecule has 0 saturated carbocycles. The molecular weight excluding hydrogens is 200 g/mol. The molecule has 0 spiro atoms. The second-order valence-corrected chi connectivity index (χ2v) is 3.87. The van der Waals surface area contributed by atoms with Gasteiger partial charge in [-0.1, -0.05) is 0 Å². The Bertz CT molecular complexity index is 398. The fraction of sp³-hybridized carbons (Fsp3) is 0.625. The molecule has 1 aromatic rings. The van der Waals surface area contributed by atoms with Gasteiger partial charge in [0.2, 0.25) is 5.91 Å². The average molecular weight is 212 g/mol. The lowest BCUT2D eigenvalue weighted by atomic mass is 9.98. The predicted molar refractivity (Wildman–Crippen MR) is 53.4 cm³/mol. The molecule has 2 rings (SSSR count). The van der Waals surface area contributed by atoms with Crippen molar-refractivity contribution in [2.24, 2.45) is 7.05 Å². The zero-order chi connectivity index (χ0) is 10.1. The number of aromatic nitrogens is 3. The molecule has 2 N–H and O–H groups in total. The van der Waals surface area contributed by atoms with Crippen molar-refractivity contribution in [1.82, 2.24) is 20.1 Å². The normalized spacial score (nSPS) is 22.1. The molecule has 0 aliphatic carbocycles. The lowest BCUT2D eigenvalue weighted by Gasteiger charge is -2.21. The minimum atomic E-state index is 0.123. The molecule has 6 heteroatoms. The molecule has 76 valence electrons. The number of nitrogens with one attached hydrogen (secondary N) is 2. The van der Waals surface area contributed by atoms with E-state index in [2.05, 4.69) is 15.5 Å². The first-order valence-electron chi connectivity index (χ1n) is 4.56. The lowest BCUT2D eigenvalue weighted by molar-refractivity contribution is -0.122. The van der Waals surface area contributed by atoms with E-state index < -0.39 is 0 Å². The quantitative estimate of drug-likeness (QED) is 0.665. The number of piperidine rings is 1. The Kier molecular flexibility index (Phi) is 2.37. The highest BCUT2D eigenvalue weighted by molar-refractivity contribution is 7.71. The summed E-state index contributed by atoms with van der Waals surface area (Å²) in [5.41, 5.74) is 0. The average Bonchev–Trinajstić information content (AvgIpc) is 2.50. The van der Waals surface area contributed by atoms with E-state index in [1.54, 1.807) is 0 Å². The topological polar surface area (TPSA) is 62.7 Å². The zero-order valence-corrected chi connectivity index (χ0v) is 8.73. The maximum absolute atomic E-state index is 11.0. The number of hydrogen-bond acceptors (Lipinski definition) is 3. The van der Waals surface area contributed by atoms with Crippen molar-refractivity contribution in [3.05, 3.63) is 10.6 Å². The standard InChI is InChI=1S/C8H12N4OS/c1-12-7(10-11-8(12)14)5-2-3-6(13)9-4-5/h5H,2-4H2,1H3,(H,9,13)(H,11,14). The van der Waals surface area contributed by atoms with E-state index in [4.69, 9.17) is 12.2 Å². The van der Waals surface area contributed by atoms with Gasteiger partial charge in [-0.2, -0.15) is 5.10 Å². The minimum absolute atomic E-state index is 0.123. The number of aromatic amines is 1. The Morgan fingerprint density at radius 2 is 2.43 bits per heavy atom. The van der Waals surface area contributed by atoms with Crippen molar-refractivity contribution >= 4 is 18.1 Å². The van der Waals surface area contributed by atoms with E-state index in [1.807, 2.05) is 11.6 Å². The highest BCUT2D eigenvalue weighted by Crippen LogP contribution is 2.20. The molecule has 1 saturated heterocycles. The van der Waals surface area contributed by atoms with Crippen LogP contribution in [-0.2, 0) is 11.8 Å². The Morgan fingerprint density at radius 1 is 1.64 bits per heavy atom. The maximum atomic E-state index is 11.0. The van der Waals surface area contributed by atoms with Crippen LogP contribution >= 0.6 is 12.2 Å². The summed E-state index contributed by atoms with van der Waals surface area (Å²) < 4.78 is 2.48. The Balaban J connectivity index is 2.20. The van der Waals surface area contributed by atoms with Crippen molar-refractivity contribution < 1.29 is 4.79 Å². The van der Waals surface area contributed by atoms with Gasteiger partial charge in [0.05, 0.1) is 0 Å². The third kappa shape index (κ3) is 1.57. The fourth-order valence-electron chi connectivity index (χ4n) is 1.68. The number of amides is 1. The summed E-state index contributed by atoms with van der Waals surface area (Å²) in [5.74, 6) is 1.33. The molecule has 1 unspecified atom stereocenters. The van der Waals surface area contributed by atoms with Gasteiger partial charge in [0.15, 0.2) is 4.77 Å². The maximum Gasteiger partial charge on any atom is 0.220 e. The van der Waals surface area contributed by atoms with Crippen LogP contribution in [0.4, 0.5) is 0 Å². The summed E-state index contributed by atoms with van der Waals surface area (Å²) in [7, 11) is 1.89. The van der Waals surface area contributed by atoms with Gasteiger partial charge in [-0.3, -0.25) is 9.89 Å². The summed E-state index contributed by atoms with van der Waals surface area (Å²) in [6.07, 6.45) is 1.42. The van der Waals surface area contributed by atoms with E-state index in [9.17, 15) is 4.79 Å². The van der Waals surface area contributed by atoms with Crippen LogP contribution in [0.3, 0.4) is 0 Å². The van der Waals surface area contributed by atoms with Crippen molar-refractivity contribution in [3.63, 3.8) is 0 Å². The minimum Gasteiger partial charge on any atom is -0.355 e. The van der Waals surface area contributed by atoms with Crippen LogP contribution in [0.5, 0.6) is 0 Å². The monoisotopic (exact) mass is 212 g/mol.